The Kier molecular flexibility index (Phi) is 4.34. The first-order valence-electron chi connectivity index (χ1n) is 9.13. The minimum absolute atomic E-state index is 0.214. The van der Waals surface area contributed by atoms with Crippen molar-refractivity contribution in [2.45, 2.75) is 32.7 Å². The number of hydrogen-bond acceptors (Lipinski definition) is 4. The van der Waals surface area contributed by atoms with E-state index >= 15 is 0 Å². The zero-order valence-electron chi connectivity index (χ0n) is 15.0. The van der Waals surface area contributed by atoms with Gasteiger partial charge in [-0.25, -0.2) is 14.4 Å². The Hall–Kier alpha value is -2.50. The van der Waals surface area contributed by atoms with Gasteiger partial charge in [-0.05, 0) is 49.4 Å². The number of carbonyl (C=O) groups is 1. The summed E-state index contributed by atoms with van der Waals surface area (Å²) in [5.41, 5.74) is 1.62. The maximum Gasteiger partial charge on any atom is 0.229 e. The van der Waals surface area contributed by atoms with Gasteiger partial charge in [0.2, 0.25) is 11.9 Å². The molecule has 26 heavy (non-hydrogen) atoms. The van der Waals surface area contributed by atoms with Gasteiger partial charge in [0.25, 0.3) is 0 Å². The van der Waals surface area contributed by atoms with Crippen LogP contribution in [0.1, 0.15) is 30.4 Å². The van der Waals surface area contributed by atoms with Crippen LogP contribution in [0.2, 0.25) is 0 Å². The molecule has 2 aliphatic rings. The lowest BCUT2D eigenvalue weighted by molar-refractivity contribution is -0.137. The quantitative estimate of drug-likeness (QED) is 0.850. The summed E-state index contributed by atoms with van der Waals surface area (Å²) in [6, 6.07) is 6.51. The Bertz CT molecular complexity index is 800. The van der Waals surface area contributed by atoms with Crippen molar-refractivity contribution in [3.8, 4) is 0 Å². The summed E-state index contributed by atoms with van der Waals surface area (Å²) in [6.07, 6.45) is 6.18. The fourth-order valence-corrected chi connectivity index (χ4v) is 4.05. The molecule has 4 rings (SSSR count). The topological polar surface area (TPSA) is 49.3 Å². The van der Waals surface area contributed by atoms with E-state index in [0.717, 1.165) is 56.0 Å². The molecule has 0 aliphatic carbocycles. The van der Waals surface area contributed by atoms with Crippen molar-refractivity contribution < 1.29 is 9.18 Å². The summed E-state index contributed by atoms with van der Waals surface area (Å²) in [5.74, 6) is 0.703. The molecule has 136 valence electrons. The Morgan fingerprint density at radius 2 is 1.81 bits per heavy atom. The van der Waals surface area contributed by atoms with Crippen molar-refractivity contribution in [3.05, 3.63) is 53.6 Å². The SMILES string of the molecule is Cc1cnc(N2CCC3(CCN(Cc4cccc(F)c4)C3=O)CC2)nc1. The molecule has 2 saturated heterocycles. The predicted octanol–water partition coefficient (Wildman–Crippen LogP) is 2.94. The standard InChI is InChI=1S/C20H23FN4O/c1-15-12-22-19(23-13-15)24-8-5-20(6-9-24)7-10-25(18(20)26)14-16-3-2-4-17(21)11-16/h2-4,11-13H,5-10,14H2,1H3. The molecule has 0 saturated carbocycles. The molecule has 5 nitrogen and oxygen atoms in total. The Morgan fingerprint density at radius 3 is 2.50 bits per heavy atom. The molecule has 1 aromatic carbocycles. The maximum absolute atomic E-state index is 13.4. The minimum atomic E-state index is -0.269. The number of piperidine rings is 1. The Labute approximate surface area is 152 Å². The van der Waals surface area contributed by atoms with E-state index in [2.05, 4.69) is 14.9 Å². The minimum Gasteiger partial charge on any atom is -0.341 e. The number of hydrogen-bond donors (Lipinski definition) is 0. The smallest absolute Gasteiger partial charge is 0.229 e. The van der Waals surface area contributed by atoms with Crippen LogP contribution in [0.25, 0.3) is 0 Å². The second kappa shape index (κ2) is 6.67. The van der Waals surface area contributed by atoms with Crippen LogP contribution in [0, 0.1) is 18.2 Å². The number of benzene rings is 1. The number of nitrogens with zero attached hydrogens (tertiary/aromatic N) is 4. The lowest BCUT2D eigenvalue weighted by Gasteiger charge is -2.38. The highest BCUT2D eigenvalue weighted by atomic mass is 19.1. The van der Waals surface area contributed by atoms with E-state index in [1.165, 1.54) is 12.1 Å². The number of amides is 1. The van der Waals surface area contributed by atoms with Gasteiger partial charge in [-0.3, -0.25) is 4.79 Å². The fraction of sp³-hybridized carbons (Fsp3) is 0.450. The maximum atomic E-state index is 13.4. The summed E-state index contributed by atoms with van der Waals surface area (Å²) in [6.45, 7) is 4.80. The van der Waals surface area contributed by atoms with Gasteiger partial charge in [0.1, 0.15) is 5.82 Å². The van der Waals surface area contributed by atoms with E-state index in [-0.39, 0.29) is 17.1 Å². The lowest BCUT2D eigenvalue weighted by atomic mass is 9.77. The van der Waals surface area contributed by atoms with Gasteiger partial charge in [-0.1, -0.05) is 12.1 Å². The highest BCUT2D eigenvalue weighted by Crippen LogP contribution is 2.42. The summed E-state index contributed by atoms with van der Waals surface area (Å²) >= 11 is 0. The van der Waals surface area contributed by atoms with Gasteiger partial charge in [0.05, 0.1) is 5.41 Å². The van der Waals surface area contributed by atoms with Gasteiger partial charge < -0.3 is 9.80 Å². The van der Waals surface area contributed by atoms with Crippen LogP contribution in [0.4, 0.5) is 10.3 Å². The van der Waals surface area contributed by atoms with Gasteiger partial charge in [-0.2, -0.15) is 0 Å². The van der Waals surface area contributed by atoms with Crippen LogP contribution in [-0.2, 0) is 11.3 Å². The van der Waals surface area contributed by atoms with Crippen molar-refractivity contribution in [1.82, 2.24) is 14.9 Å². The van der Waals surface area contributed by atoms with E-state index in [0.29, 0.717) is 6.54 Å². The van der Waals surface area contributed by atoms with Gasteiger partial charge in [-0.15, -0.1) is 0 Å². The molecule has 1 aromatic heterocycles. The van der Waals surface area contributed by atoms with E-state index in [1.807, 2.05) is 30.3 Å². The molecule has 2 fully saturated rings. The molecule has 1 amide bonds. The van der Waals surface area contributed by atoms with Gasteiger partial charge >= 0.3 is 0 Å². The molecule has 0 N–H and O–H groups in total. The molecule has 2 aliphatic heterocycles. The average Bonchev–Trinajstić information content (AvgIpc) is 2.93. The number of rotatable bonds is 3. The van der Waals surface area contributed by atoms with Gasteiger partial charge in [0.15, 0.2) is 0 Å². The van der Waals surface area contributed by atoms with Crippen LogP contribution in [-0.4, -0.2) is 40.4 Å². The van der Waals surface area contributed by atoms with E-state index < -0.39 is 0 Å². The molecule has 1 spiro atoms. The van der Waals surface area contributed by atoms with E-state index in [1.54, 1.807) is 6.07 Å². The summed E-state index contributed by atoms with van der Waals surface area (Å²) in [7, 11) is 0. The second-order valence-corrected chi connectivity index (χ2v) is 7.43. The predicted molar refractivity (Wildman–Crippen MR) is 97.1 cm³/mol. The van der Waals surface area contributed by atoms with Crippen LogP contribution >= 0.6 is 0 Å². The van der Waals surface area contributed by atoms with Crippen molar-refractivity contribution >= 4 is 11.9 Å². The van der Waals surface area contributed by atoms with Crippen molar-refractivity contribution in [1.29, 1.82) is 0 Å². The molecule has 0 radical (unpaired) electrons. The number of aromatic nitrogens is 2. The molecule has 0 atom stereocenters. The Morgan fingerprint density at radius 1 is 1.12 bits per heavy atom. The number of anilines is 1. The van der Waals surface area contributed by atoms with Crippen LogP contribution in [0.3, 0.4) is 0 Å². The van der Waals surface area contributed by atoms with Crippen LogP contribution in [0.5, 0.6) is 0 Å². The third kappa shape index (κ3) is 3.16. The third-order valence-electron chi connectivity index (χ3n) is 5.63. The first kappa shape index (κ1) is 16.9. The van der Waals surface area contributed by atoms with E-state index in [9.17, 15) is 9.18 Å². The normalized spacial score (nSPS) is 19.4. The molecule has 2 aromatic rings. The zero-order chi connectivity index (χ0) is 18.1. The molecule has 6 heteroatoms. The highest BCUT2D eigenvalue weighted by Gasteiger charge is 2.48. The number of carbonyl (C=O) groups excluding carboxylic acids is 1. The Balaban J connectivity index is 1.41. The third-order valence-corrected chi connectivity index (χ3v) is 5.63. The monoisotopic (exact) mass is 354 g/mol. The fourth-order valence-electron chi connectivity index (χ4n) is 4.05. The lowest BCUT2D eigenvalue weighted by Crippen LogP contribution is -2.45. The molecular weight excluding hydrogens is 331 g/mol. The average molecular weight is 354 g/mol. The van der Waals surface area contributed by atoms with Gasteiger partial charge in [0, 0.05) is 38.6 Å². The molecular formula is C20H23FN4O. The van der Waals surface area contributed by atoms with E-state index in [4.69, 9.17) is 0 Å². The molecule has 0 bridgehead atoms. The molecule has 0 unspecified atom stereocenters. The largest absolute Gasteiger partial charge is 0.341 e. The van der Waals surface area contributed by atoms with Crippen LogP contribution < -0.4 is 4.90 Å². The summed E-state index contributed by atoms with van der Waals surface area (Å²) in [5, 5.41) is 0. The first-order chi connectivity index (χ1) is 12.6. The molecule has 3 heterocycles. The number of halogens is 1. The first-order valence-corrected chi connectivity index (χ1v) is 9.13. The van der Waals surface area contributed by atoms with Crippen LogP contribution in [0.15, 0.2) is 36.7 Å². The van der Waals surface area contributed by atoms with Crippen molar-refractivity contribution in [2.75, 3.05) is 24.5 Å². The zero-order valence-corrected chi connectivity index (χ0v) is 15.0. The summed E-state index contributed by atoms with van der Waals surface area (Å²) in [4.78, 5) is 25.9. The van der Waals surface area contributed by atoms with Crippen molar-refractivity contribution in [3.63, 3.8) is 0 Å². The van der Waals surface area contributed by atoms with Crippen molar-refractivity contribution in [2.24, 2.45) is 5.41 Å². The number of likely N-dealkylation sites (tertiary alicyclic amines) is 1. The summed E-state index contributed by atoms with van der Waals surface area (Å²) < 4.78 is 13.4. The highest BCUT2D eigenvalue weighted by molar-refractivity contribution is 5.85. The second-order valence-electron chi connectivity index (χ2n) is 7.43. The number of aryl methyl sites for hydroxylation is 1.